The van der Waals surface area contributed by atoms with Crippen molar-refractivity contribution in [3.8, 4) is 0 Å². The smallest absolute Gasteiger partial charge is 0.107 e. The third kappa shape index (κ3) is 5.54. The van der Waals surface area contributed by atoms with Gasteiger partial charge in [-0.2, -0.15) is 0 Å². The summed E-state index contributed by atoms with van der Waals surface area (Å²) in [7, 11) is 0. The van der Waals surface area contributed by atoms with Crippen LogP contribution in [0.2, 0.25) is 0 Å². The summed E-state index contributed by atoms with van der Waals surface area (Å²) in [6.45, 7) is 13.8. The van der Waals surface area contributed by atoms with Gasteiger partial charge < -0.3 is 14.2 Å². The first-order chi connectivity index (χ1) is 15.1. The van der Waals surface area contributed by atoms with Crippen LogP contribution in [0.4, 0.5) is 0 Å². The van der Waals surface area contributed by atoms with Crippen LogP contribution in [0.25, 0.3) is 12.2 Å². The molecule has 2 saturated heterocycles. The third-order valence-corrected chi connectivity index (χ3v) is 6.43. The topological polar surface area (TPSA) is 34.3 Å². The summed E-state index contributed by atoms with van der Waals surface area (Å²) in [4.78, 5) is 0. The number of benzene rings is 2. The average Bonchev–Trinajstić information content (AvgIpc) is 3.71. The van der Waals surface area contributed by atoms with E-state index in [1.807, 2.05) is 12.2 Å². The van der Waals surface area contributed by atoms with Gasteiger partial charge in [0.25, 0.3) is 0 Å². The van der Waals surface area contributed by atoms with Crippen molar-refractivity contribution in [2.75, 3.05) is 13.2 Å². The van der Waals surface area contributed by atoms with E-state index in [9.17, 15) is 0 Å². The fourth-order valence-electron chi connectivity index (χ4n) is 4.33. The van der Waals surface area contributed by atoms with Gasteiger partial charge in [0.2, 0.25) is 0 Å². The van der Waals surface area contributed by atoms with Gasteiger partial charge in [-0.25, -0.2) is 0 Å². The van der Waals surface area contributed by atoms with Gasteiger partial charge >= 0.3 is 0 Å². The molecule has 164 valence electrons. The maximum atomic E-state index is 6.73. The summed E-state index contributed by atoms with van der Waals surface area (Å²) in [5, 5.41) is 0. The second-order valence-corrected chi connectivity index (χ2v) is 8.54. The van der Waals surface area contributed by atoms with Gasteiger partial charge in [0.1, 0.15) is 12.2 Å². The van der Waals surface area contributed by atoms with E-state index in [1.165, 1.54) is 33.4 Å². The van der Waals surface area contributed by atoms with Gasteiger partial charge in [-0.15, -0.1) is 0 Å². The highest BCUT2D eigenvalue weighted by Crippen LogP contribution is 2.30. The van der Waals surface area contributed by atoms with Crippen molar-refractivity contribution in [2.45, 2.75) is 63.9 Å². The predicted octanol–water partition coefficient (Wildman–Crippen LogP) is 5.43. The summed E-state index contributed by atoms with van der Waals surface area (Å²) in [6.07, 6.45) is 8.00. The lowest BCUT2D eigenvalue weighted by molar-refractivity contribution is -0.0370. The van der Waals surface area contributed by atoms with E-state index in [4.69, 9.17) is 14.2 Å². The van der Waals surface area contributed by atoms with E-state index in [0.29, 0.717) is 0 Å². The number of aryl methyl sites for hydroxylation is 2. The Bertz CT molecular complexity index is 848. The van der Waals surface area contributed by atoms with Crippen molar-refractivity contribution in [2.24, 2.45) is 0 Å². The largest absolute Gasteiger partial charge is 0.370 e. The minimum atomic E-state index is 0.0478. The molecule has 0 saturated carbocycles. The van der Waals surface area contributed by atoms with E-state index in [-0.39, 0.29) is 24.4 Å². The lowest BCUT2D eigenvalue weighted by atomic mass is 9.95. The Morgan fingerprint density at radius 2 is 1.23 bits per heavy atom. The van der Waals surface area contributed by atoms with Gasteiger partial charge in [0, 0.05) is 12.8 Å². The molecular formula is C28H34O3. The Kier molecular flexibility index (Phi) is 7.06. The van der Waals surface area contributed by atoms with Crippen LogP contribution in [0.1, 0.15) is 47.2 Å². The summed E-state index contributed by atoms with van der Waals surface area (Å²) in [6, 6.07) is 13.2. The lowest BCUT2D eigenvalue weighted by Crippen LogP contribution is -2.34. The van der Waals surface area contributed by atoms with Gasteiger partial charge in [-0.3, -0.25) is 0 Å². The Morgan fingerprint density at radius 1 is 0.806 bits per heavy atom. The summed E-state index contributed by atoms with van der Waals surface area (Å²) >= 11 is 0. The molecule has 2 heterocycles. The highest BCUT2D eigenvalue weighted by molar-refractivity contribution is 5.51. The molecule has 0 radical (unpaired) electrons. The average molecular weight is 419 g/mol. The number of epoxide rings is 2. The van der Waals surface area contributed by atoms with Crippen molar-refractivity contribution in [1.29, 1.82) is 0 Å². The third-order valence-electron chi connectivity index (χ3n) is 6.43. The molecule has 2 aliphatic rings. The zero-order chi connectivity index (χ0) is 21.8. The van der Waals surface area contributed by atoms with E-state index < -0.39 is 0 Å². The molecule has 0 spiro atoms. The van der Waals surface area contributed by atoms with Crippen LogP contribution in [0.3, 0.4) is 0 Å². The molecule has 2 aromatic rings. The monoisotopic (exact) mass is 418 g/mol. The number of hydrogen-bond acceptors (Lipinski definition) is 3. The van der Waals surface area contributed by atoms with E-state index >= 15 is 0 Å². The number of rotatable bonds is 12. The molecule has 2 fully saturated rings. The highest BCUT2D eigenvalue weighted by Gasteiger charge is 2.41. The van der Waals surface area contributed by atoms with Crippen LogP contribution in [0, 0.1) is 0 Å². The van der Waals surface area contributed by atoms with Crippen molar-refractivity contribution >= 4 is 12.2 Å². The Morgan fingerprint density at radius 3 is 1.55 bits per heavy atom. The maximum absolute atomic E-state index is 6.73. The molecule has 0 amide bonds. The van der Waals surface area contributed by atoms with Gasteiger partial charge in [0.15, 0.2) is 0 Å². The summed E-state index contributed by atoms with van der Waals surface area (Å²) in [5.41, 5.74) is 7.74. The predicted molar refractivity (Wildman–Crippen MR) is 127 cm³/mol. The molecule has 0 bridgehead atoms. The molecular weight excluding hydrogens is 384 g/mol. The Hall–Kier alpha value is -2.20. The zero-order valence-corrected chi connectivity index (χ0v) is 18.8. The van der Waals surface area contributed by atoms with Gasteiger partial charge in [0.05, 0.1) is 25.4 Å². The Labute approximate surface area is 186 Å². The molecule has 3 nitrogen and oxygen atoms in total. The zero-order valence-electron chi connectivity index (χ0n) is 18.8. The normalized spacial score (nSPS) is 21.4. The molecule has 2 aromatic carbocycles. The van der Waals surface area contributed by atoms with Gasteiger partial charge in [-0.1, -0.05) is 75.6 Å². The Balaban J connectivity index is 1.51. The van der Waals surface area contributed by atoms with Crippen LogP contribution < -0.4 is 0 Å². The first-order valence-corrected chi connectivity index (χ1v) is 11.5. The highest BCUT2D eigenvalue weighted by atomic mass is 16.6. The minimum absolute atomic E-state index is 0.0478. The second kappa shape index (κ2) is 9.95. The van der Waals surface area contributed by atoms with E-state index in [1.54, 1.807) is 0 Å². The van der Waals surface area contributed by atoms with Gasteiger partial charge in [-0.05, 0) is 46.2 Å². The summed E-state index contributed by atoms with van der Waals surface area (Å²) in [5.74, 6) is 0. The molecule has 4 unspecified atom stereocenters. The minimum Gasteiger partial charge on any atom is -0.370 e. The molecule has 31 heavy (non-hydrogen) atoms. The molecule has 3 heteroatoms. The number of hydrogen-bond donors (Lipinski definition) is 0. The van der Waals surface area contributed by atoms with Crippen LogP contribution in [0.5, 0.6) is 0 Å². The fourth-order valence-corrected chi connectivity index (χ4v) is 4.33. The lowest BCUT2D eigenvalue weighted by Gasteiger charge is -2.25. The fraction of sp³-hybridized carbons (Fsp3) is 0.429. The summed E-state index contributed by atoms with van der Waals surface area (Å²) < 4.78 is 18.1. The molecule has 4 rings (SSSR count). The quantitative estimate of drug-likeness (QED) is 0.431. The van der Waals surface area contributed by atoms with Crippen molar-refractivity contribution in [3.63, 3.8) is 0 Å². The van der Waals surface area contributed by atoms with E-state index in [0.717, 1.165) is 38.9 Å². The first-order valence-electron chi connectivity index (χ1n) is 11.5. The molecule has 0 N–H and O–H groups in total. The first kappa shape index (κ1) is 22.0. The SMILES string of the molecule is C=Cc1ccc(CC(OC(Cc2ccc(C=C)cc2CC)C2CO2)C2CO2)c(CC)c1. The standard InChI is InChI=1S/C28H34O3/c1-5-19-9-11-23(21(7-3)13-19)15-25(27-17-29-27)31-26(28-18-30-28)16-24-12-10-20(6-2)14-22(24)8-4/h5-6,9-14,25-28H,1-2,7-8,15-18H2,3-4H3. The maximum Gasteiger partial charge on any atom is 0.107 e. The van der Waals surface area contributed by atoms with Crippen LogP contribution >= 0.6 is 0 Å². The molecule has 0 aromatic heterocycles. The van der Waals surface area contributed by atoms with Crippen molar-refractivity contribution in [3.05, 3.63) is 82.9 Å². The van der Waals surface area contributed by atoms with Crippen LogP contribution in [0.15, 0.2) is 49.6 Å². The van der Waals surface area contributed by atoms with Crippen molar-refractivity contribution in [1.82, 2.24) is 0 Å². The molecule has 2 aliphatic heterocycles. The molecule has 0 aliphatic carbocycles. The van der Waals surface area contributed by atoms with Crippen LogP contribution in [-0.2, 0) is 39.9 Å². The molecule has 4 atom stereocenters. The number of ether oxygens (including phenoxy) is 3. The van der Waals surface area contributed by atoms with Crippen LogP contribution in [-0.4, -0.2) is 37.6 Å². The second-order valence-electron chi connectivity index (χ2n) is 8.54. The van der Waals surface area contributed by atoms with E-state index in [2.05, 4.69) is 63.4 Å². The van der Waals surface area contributed by atoms with Crippen molar-refractivity contribution < 1.29 is 14.2 Å².